The van der Waals surface area contributed by atoms with Crippen molar-refractivity contribution in [3.63, 3.8) is 0 Å². The number of Topliss-reactive ketones (excluding diaryl/α,β-unsaturated/α-hetero) is 1. The van der Waals surface area contributed by atoms with E-state index in [1.807, 2.05) is 60.3 Å². The van der Waals surface area contributed by atoms with E-state index in [1.54, 1.807) is 0 Å². The second-order valence-electron chi connectivity index (χ2n) is 4.76. The molecule has 0 fully saturated rings. The van der Waals surface area contributed by atoms with Gasteiger partial charge in [0.05, 0.1) is 0 Å². The lowest BCUT2D eigenvalue weighted by Gasteiger charge is -2.16. The molecule has 0 aromatic heterocycles. The van der Waals surface area contributed by atoms with Crippen molar-refractivity contribution in [2.24, 2.45) is 0 Å². The first-order chi connectivity index (χ1) is 9.81. The molecule has 0 heterocycles. The average molecular weight is 284 g/mol. The van der Waals surface area contributed by atoms with Crippen LogP contribution < -0.4 is 0 Å². The van der Waals surface area contributed by atoms with Crippen molar-refractivity contribution >= 4 is 17.5 Å². The van der Waals surface area contributed by atoms with Gasteiger partial charge in [0.1, 0.15) is 0 Å². The smallest absolute Gasteiger partial charge is 0.164 e. The van der Waals surface area contributed by atoms with E-state index in [2.05, 4.69) is 19.1 Å². The fourth-order valence-corrected chi connectivity index (χ4v) is 3.25. The summed E-state index contributed by atoms with van der Waals surface area (Å²) < 4.78 is 0. The molecular weight excluding hydrogens is 264 g/mol. The Balaban J connectivity index is 2.10. The number of carbonyl (C=O) groups is 1. The van der Waals surface area contributed by atoms with Gasteiger partial charge in [0.25, 0.3) is 0 Å². The van der Waals surface area contributed by atoms with E-state index in [9.17, 15) is 4.79 Å². The van der Waals surface area contributed by atoms with Crippen LogP contribution in [-0.2, 0) is 0 Å². The summed E-state index contributed by atoms with van der Waals surface area (Å²) in [6, 6.07) is 19.9. The van der Waals surface area contributed by atoms with Crippen molar-refractivity contribution in [3.8, 4) is 0 Å². The minimum atomic E-state index is 0.225. The van der Waals surface area contributed by atoms with Gasteiger partial charge in [0.2, 0.25) is 0 Å². The van der Waals surface area contributed by atoms with E-state index in [1.165, 1.54) is 5.56 Å². The summed E-state index contributed by atoms with van der Waals surface area (Å²) >= 11 is 1.88. The fourth-order valence-electron chi connectivity index (χ4n) is 2.11. The largest absolute Gasteiger partial charge is 0.294 e. The van der Waals surface area contributed by atoms with E-state index in [0.717, 1.165) is 17.7 Å². The van der Waals surface area contributed by atoms with Crippen molar-refractivity contribution in [1.29, 1.82) is 0 Å². The first-order valence-electron chi connectivity index (χ1n) is 7.06. The minimum absolute atomic E-state index is 0.225. The number of hydrogen-bond acceptors (Lipinski definition) is 2. The Hall–Kier alpha value is -1.54. The van der Waals surface area contributed by atoms with E-state index in [0.29, 0.717) is 6.42 Å². The van der Waals surface area contributed by atoms with E-state index >= 15 is 0 Å². The number of carbonyl (C=O) groups excluding carboxylic acids is 1. The maximum absolute atomic E-state index is 12.4. The molecule has 2 rings (SSSR count). The van der Waals surface area contributed by atoms with E-state index in [-0.39, 0.29) is 11.0 Å². The average Bonchev–Trinajstić information content (AvgIpc) is 2.53. The Labute approximate surface area is 125 Å². The number of rotatable bonds is 7. The van der Waals surface area contributed by atoms with Gasteiger partial charge in [-0.2, -0.15) is 11.8 Å². The zero-order valence-corrected chi connectivity index (χ0v) is 12.6. The Kier molecular flexibility index (Phi) is 5.87. The predicted molar refractivity (Wildman–Crippen MR) is 87.3 cm³/mol. The summed E-state index contributed by atoms with van der Waals surface area (Å²) in [5, 5.41) is 0.254. The number of ketones is 1. The normalized spacial score (nSPS) is 12.1. The van der Waals surface area contributed by atoms with Crippen LogP contribution in [0.5, 0.6) is 0 Å². The lowest BCUT2D eigenvalue weighted by Crippen LogP contribution is -2.05. The van der Waals surface area contributed by atoms with Crippen molar-refractivity contribution in [2.45, 2.75) is 25.0 Å². The molecule has 1 nitrogen and oxygen atoms in total. The zero-order chi connectivity index (χ0) is 14.2. The molecule has 2 heteroatoms. The monoisotopic (exact) mass is 284 g/mol. The summed E-state index contributed by atoms with van der Waals surface area (Å²) in [5.74, 6) is 1.31. The third kappa shape index (κ3) is 4.24. The lowest BCUT2D eigenvalue weighted by molar-refractivity contribution is 0.0982. The molecule has 0 amide bonds. The fraction of sp³-hybridized carbons (Fsp3) is 0.278. The van der Waals surface area contributed by atoms with E-state index < -0.39 is 0 Å². The van der Waals surface area contributed by atoms with Crippen molar-refractivity contribution < 1.29 is 4.79 Å². The van der Waals surface area contributed by atoms with Crippen molar-refractivity contribution in [3.05, 3.63) is 71.8 Å². The summed E-state index contributed by atoms with van der Waals surface area (Å²) in [6.07, 6.45) is 1.70. The molecule has 0 aliphatic carbocycles. The van der Waals surface area contributed by atoms with Crippen LogP contribution in [0.25, 0.3) is 0 Å². The summed E-state index contributed by atoms with van der Waals surface area (Å²) in [6.45, 7) is 2.17. The van der Waals surface area contributed by atoms with Gasteiger partial charge in [-0.1, -0.05) is 67.6 Å². The zero-order valence-electron chi connectivity index (χ0n) is 11.8. The summed E-state index contributed by atoms with van der Waals surface area (Å²) in [5.41, 5.74) is 2.06. The van der Waals surface area contributed by atoms with E-state index in [4.69, 9.17) is 0 Å². The van der Waals surface area contributed by atoms with Crippen LogP contribution in [-0.4, -0.2) is 11.5 Å². The summed E-state index contributed by atoms with van der Waals surface area (Å²) in [7, 11) is 0. The number of thioether (sulfide) groups is 1. The van der Waals surface area contributed by atoms with Gasteiger partial charge in [-0.15, -0.1) is 0 Å². The molecule has 0 radical (unpaired) electrons. The maximum atomic E-state index is 12.4. The highest BCUT2D eigenvalue weighted by atomic mass is 32.2. The molecule has 0 spiro atoms. The van der Waals surface area contributed by atoms with Gasteiger partial charge < -0.3 is 0 Å². The van der Waals surface area contributed by atoms with Crippen molar-refractivity contribution in [2.75, 3.05) is 5.75 Å². The van der Waals surface area contributed by atoms with Gasteiger partial charge in [0.15, 0.2) is 5.78 Å². The van der Waals surface area contributed by atoms with Crippen LogP contribution in [0, 0.1) is 0 Å². The van der Waals surface area contributed by atoms with Crippen LogP contribution in [0.3, 0.4) is 0 Å². The third-order valence-corrected chi connectivity index (χ3v) is 4.65. The lowest BCUT2D eigenvalue weighted by atomic mass is 10.0. The number of hydrogen-bond donors (Lipinski definition) is 0. The molecule has 20 heavy (non-hydrogen) atoms. The second kappa shape index (κ2) is 7.91. The topological polar surface area (TPSA) is 17.1 Å². The van der Waals surface area contributed by atoms with Crippen LogP contribution >= 0.6 is 11.8 Å². The third-order valence-electron chi connectivity index (χ3n) is 3.16. The SMILES string of the molecule is CCCSC(CC(=O)c1ccccc1)c1ccccc1. The van der Waals surface area contributed by atoms with Gasteiger partial charge in [0, 0.05) is 17.2 Å². The summed E-state index contributed by atoms with van der Waals surface area (Å²) in [4.78, 5) is 12.4. The first kappa shape index (κ1) is 14.9. The number of benzene rings is 2. The van der Waals surface area contributed by atoms with Crippen LogP contribution in [0.1, 0.15) is 40.9 Å². The van der Waals surface area contributed by atoms with Gasteiger partial charge in [-0.05, 0) is 17.7 Å². The highest BCUT2D eigenvalue weighted by Crippen LogP contribution is 2.33. The van der Waals surface area contributed by atoms with Gasteiger partial charge >= 0.3 is 0 Å². The quantitative estimate of drug-likeness (QED) is 0.654. The van der Waals surface area contributed by atoms with Crippen LogP contribution in [0.15, 0.2) is 60.7 Å². The van der Waals surface area contributed by atoms with Crippen LogP contribution in [0.4, 0.5) is 0 Å². The Morgan fingerprint density at radius 1 is 1.00 bits per heavy atom. The second-order valence-corrected chi connectivity index (χ2v) is 6.07. The molecule has 104 valence electrons. The standard InChI is InChI=1S/C18H20OS/c1-2-13-20-18(16-11-7-4-8-12-16)14-17(19)15-9-5-3-6-10-15/h3-12,18H,2,13-14H2,1H3. The van der Waals surface area contributed by atoms with Gasteiger partial charge in [-0.25, -0.2) is 0 Å². The molecule has 0 aliphatic heterocycles. The predicted octanol–water partition coefficient (Wildman–Crippen LogP) is 5.14. The Morgan fingerprint density at radius 3 is 2.20 bits per heavy atom. The molecule has 2 aromatic rings. The molecule has 0 saturated carbocycles. The maximum Gasteiger partial charge on any atom is 0.164 e. The molecule has 0 N–H and O–H groups in total. The Morgan fingerprint density at radius 2 is 1.60 bits per heavy atom. The Bertz CT molecular complexity index is 522. The molecule has 0 aliphatic rings. The highest BCUT2D eigenvalue weighted by molar-refractivity contribution is 7.99. The van der Waals surface area contributed by atoms with Gasteiger partial charge in [-0.3, -0.25) is 4.79 Å². The molecule has 1 atom stereocenters. The molecular formula is C18H20OS. The van der Waals surface area contributed by atoms with Crippen LogP contribution in [0.2, 0.25) is 0 Å². The minimum Gasteiger partial charge on any atom is -0.294 e. The molecule has 2 aromatic carbocycles. The van der Waals surface area contributed by atoms with Crippen molar-refractivity contribution in [1.82, 2.24) is 0 Å². The molecule has 0 bridgehead atoms. The first-order valence-corrected chi connectivity index (χ1v) is 8.11. The molecule has 0 saturated heterocycles. The highest BCUT2D eigenvalue weighted by Gasteiger charge is 2.17. The molecule has 1 unspecified atom stereocenters.